The Morgan fingerprint density at radius 1 is 1.14 bits per heavy atom. The Labute approximate surface area is 139 Å². The zero-order valence-electron chi connectivity index (χ0n) is 12.0. The number of hydrogen-bond acceptors (Lipinski definition) is 1. The van der Waals surface area contributed by atoms with Crippen LogP contribution in [0, 0.1) is 0 Å². The van der Waals surface area contributed by atoms with Crippen molar-refractivity contribution in [2.75, 3.05) is 10.2 Å². The van der Waals surface area contributed by atoms with Crippen LogP contribution in [0.25, 0.3) is 5.70 Å². The second kappa shape index (κ2) is 5.67. The second-order valence-electron chi connectivity index (χ2n) is 5.04. The molecule has 2 aromatic rings. The average Bonchev–Trinajstić information content (AvgIpc) is 2.50. The van der Waals surface area contributed by atoms with Crippen molar-refractivity contribution in [2.24, 2.45) is 0 Å². The van der Waals surface area contributed by atoms with Gasteiger partial charge in [0.2, 0.25) is 0 Å². The van der Waals surface area contributed by atoms with E-state index in [0.29, 0.717) is 21.4 Å². The van der Waals surface area contributed by atoms with E-state index in [1.54, 1.807) is 18.2 Å². The van der Waals surface area contributed by atoms with Crippen LogP contribution in [-0.4, -0.2) is 6.03 Å². The fourth-order valence-electron chi connectivity index (χ4n) is 2.47. The maximum atomic E-state index is 12.4. The summed E-state index contributed by atoms with van der Waals surface area (Å²) < 4.78 is 0. The topological polar surface area (TPSA) is 32.3 Å². The first-order chi connectivity index (χ1) is 10.5. The predicted octanol–water partition coefficient (Wildman–Crippen LogP) is 5.58. The highest BCUT2D eigenvalue weighted by atomic mass is 35.5. The quantitative estimate of drug-likeness (QED) is 0.764. The maximum absolute atomic E-state index is 12.4. The van der Waals surface area contributed by atoms with Gasteiger partial charge in [-0.1, -0.05) is 42.8 Å². The third kappa shape index (κ3) is 2.47. The predicted molar refractivity (Wildman–Crippen MR) is 92.8 cm³/mol. The van der Waals surface area contributed by atoms with Crippen LogP contribution in [0.5, 0.6) is 0 Å². The maximum Gasteiger partial charge on any atom is 0.330 e. The average molecular weight is 333 g/mol. The standard InChI is InChI=1S/C17H14Cl2N2O/c1-3-11-4-7-16-13(8-11)10(2)21(17(22)20-16)12-5-6-14(18)15(19)9-12/h4-9H,2-3H2,1H3,(H,20,22). The van der Waals surface area contributed by atoms with Crippen molar-refractivity contribution < 1.29 is 4.79 Å². The Morgan fingerprint density at radius 2 is 1.91 bits per heavy atom. The molecule has 1 N–H and O–H groups in total. The van der Waals surface area contributed by atoms with E-state index in [4.69, 9.17) is 23.2 Å². The molecule has 0 atom stereocenters. The highest BCUT2D eigenvalue weighted by Crippen LogP contribution is 2.37. The number of urea groups is 1. The number of anilines is 2. The lowest BCUT2D eigenvalue weighted by Gasteiger charge is -2.31. The van der Waals surface area contributed by atoms with E-state index in [0.717, 1.165) is 17.7 Å². The van der Waals surface area contributed by atoms with E-state index >= 15 is 0 Å². The number of hydrogen-bond donors (Lipinski definition) is 1. The number of aryl methyl sites for hydroxylation is 1. The molecule has 3 nitrogen and oxygen atoms in total. The molecule has 0 spiro atoms. The fourth-order valence-corrected chi connectivity index (χ4v) is 2.76. The molecular weight excluding hydrogens is 319 g/mol. The minimum atomic E-state index is -0.264. The number of fused-ring (bicyclic) bond motifs is 1. The van der Waals surface area contributed by atoms with Crippen LogP contribution in [0.3, 0.4) is 0 Å². The zero-order chi connectivity index (χ0) is 15.9. The van der Waals surface area contributed by atoms with Gasteiger partial charge in [-0.2, -0.15) is 0 Å². The Bertz CT molecular complexity index is 786. The smallest absolute Gasteiger partial charge is 0.307 e. The van der Waals surface area contributed by atoms with Crippen LogP contribution in [0.15, 0.2) is 43.0 Å². The van der Waals surface area contributed by atoms with Crippen molar-refractivity contribution in [3.8, 4) is 0 Å². The molecule has 0 radical (unpaired) electrons. The normalized spacial score (nSPS) is 13.9. The van der Waals surface area contributed by atoms with Gasteiger partial charge in [-0.3, -0.25) is 4.90 Å². The molecule has 0 aromatic heterocycles. The van der Waals surface area contributed by atoms with Gasteiger partial charge in [0.25, 0.3) is 0 Å². The lowest BCUT2D eigenvalue weighted by atomic mass is 10.0. The molecular formula is C17H14Cl2N2O. The molecule has 0 bridgehead atoms. The largest absolute Gasteiger partial charge is 0.330 e. The molecule has 1 aliphatic heterocycles. The van der Waals surface area contributed by atoms with Crippen molar-refractivity contribution in [1.82, 2.24) is 0 Å². The van der Waals surface area contributed by atoms with Crippen LogP contribution in [0.4, 0.5) is 16.2 Å². The summed E-state index contributed by atoms with van der Waals surface area (Å²) in [7, 11) is 0. The zero-order valence-corrected chi connectivity index (χ0v) is 13.5. The molecule has 3 rings (SSSR count). The lowest BCUT2D eigenvalue weighted by molar-refractivity contribution is 0.259. The SMILES string of the molecule is C=C1c2cc(CC)ccc2NC(=O)N1c1ccc(Cl)c(Cl)c1. The van der Waals surface area contributed by atoms with Gasteiger partial charge in [-0.15, -0.1) is 0 Å². The van der Waals surface area contributed by atoms with E-state index in [2.05, 4.69) is 18.8 Å². The molecule has 5 heteroatoms. The lowest BCUT2D eigenvalue weighted by Crippen LogP contribution is -2.37. The number of benzene rings is 2. The summed E-state index contributed by atoms with van der Waals surface area (Å²) in [6.07, 6.45) is 0.918. The molecule has 112 valence electrons. The molecule has 0 fully saturated rings. The van der Waals surface area contributed by atoms with E-state index in [1.165, 1.54) is 10.5 Å². The summed E-state index contributed by atoms with van der Waals surface area (Å²) >= 11 is 12.0. The minimum Gasteiger partial charge on any atom is -0.307 e. The van der Waals surface area contributed by atoms with Gasteiger partial charge in [0.1, 0.15) is 0 Å². The van der Waals surface area contributed by atoms with E-state index in [1.807, 2.05) is 18.2 Å². The highest BCUT2D eigenvalue weighted by Gasteiger charge is 2.28. The van der Waals surface area contributed by atoms with E-state index in [9.17, 15) is 4.79 Å². The molecule has 2 aromatic carbocycles. The molecule has 0 saturated heterocycles. The van der Waals surface area contributed by atoms with E-state index in [-0.39, 0.29) is 6.03 Å². The van der Waals surface area contributed by atoms with Crippen molar-refractivity contribution in [3.63, 3.8) is 0 Å². The monoisotopic (exact) mass is 332 g/mol. The summed E-state index contributed by atoms with van der Waals surface area (Å²) in [5, 5.41) is 3.72. The van der Waals surface area contributed by atoms with Crippen LogP contribution in [0.1, 0.15) is 18.1 Å². The van der Waals surface area contributed by atoms with E-state index < -0.39 is 0 Å². The van der Waals surface area contributed by atoms with Crippen molar-refractivity contribution in [2.45, 2.75) is 13.3 Å². The van der Waals surface area contributed by atoms with Crippen molar-refractivity contribution in [3.05, 3.63) is 64.1 Å². The van der Waals surface area contributed by atoms with Gasteiger partial charge in [-0.25, -0.2) is 4.79 Å². The van der Waals surface area contributed by atoms with Gasteiger partial charge in [0.05, 0.1) is 27.1 Å². The summed E-state index contributed by atoms with van der Waals surface area (Å²) in [6.45, 7) is 6.17. The molecule has 0 saturated carbocycles. The number of carbonyl (C=O) groups excluding carboxylic acids is 1. The second-order valence-corrected chi connectivity index (χ2v) is 5.86. The summed E-state index contributed by atoms with van der Waals surface area (Å²) in [5.41, 5.74) is 4.11. The van der Waals surface area contributed by atoms with Gasteiger partial charge in [0, 0.05) is 5.56 Å². The number of amides is 2. The van der Waals surface area contributed by atoms with Gasteiger partial charge in [0.15, 0.2) is 0 Å². The first-order valence-corrected chi connectivity index (χ1v) is 7.65. The Hall–Kier alpha value is -1.97. The molecule has 1 heterocycles. The molecule has 2 amide bonds. The first-order valence-electron chi connectivity index (χ1n) is 6.89. The number of nitrogens with one attached hydrogen (secondary N) is 1. The minimum absolute atomic E-state index is 0.264. The van der Waals surface area contributed by atoms with Gasteiger partial charge < -0.3 is 5.32 Å². The fraction of sp³-hybridized carbons (Fsp3) is 0.118. The molecule has 0 unspecified atom stereocenters. The Kier molecular flexibility index (Phi) is 3.85. The summed E-state index contributed by atoms with van der Waals surface area (Å²) in [5.74, 6) is 0. The molecule has 22 heavy (non-hydrogen) atoms. The third-order valence-corrected chi connectivity index (χ3v) is 4.42. The Balaban J connectivity index is 2.07. The molecule has 0 aliphatic carbocycles. The van der Waals surface area contributed by atoms with Crippen LogP contribution >= 0.6 is 23.2 Å². The number of halogens is 2. The van der Waals surface area contributed by atoms with Crippen LogP contribution < -0.4 is 10.2 Å². The van der Waals surface area contributed by atoms with Crippen LogP contribution in [-0.2, 0) is 6.42 Å². The number of carbonyl (C=O) groups is 1. The Morgan fingerprint density at radius 3 is 2.59 bits per heavy atom. The summed E-state index contributed by atoms with van der Waals surface area (Å²) in [6, 6.07) is 10.8. The van der Waals surface area contributed by atoms with Gasteiger partial charge in [-0.05, 0) is 42.3 Å². The third-order valence-electron chi connectivity index (χ3n) is 3.68. The first kappa shape index (κ1) is 14.9. The van der Waals surface area contributed by atoms with Crippen molar-refractivity contribution >= 4 is 46.3 Å². The molecule has 1 aliphatic rings. The summed E-state index contributed by atoms with van der Waals surface area (Å²) in [4.78, 5) is 13.9. The number of rotatable bonds is 2. The van der Waals surface area contributed by atoms with Crippen molar-refractivity contribution in [1.29, 1.82) is 0 Å². The van der Waals surface area contributed by atoms with Crippen LogP contribution in [0.2, 0.25) is 10.0 Å². The number of nitrogens with zero attached hydrogens (tertiary/aromatic N) is 1. The highest BCUT2D eigenvalue weighted by molar-refractivity contribution is 6.42. The van der Waals surface area contributed by atoms with Gasteiger partial charge >= 0.3 is 6.03 Å².